The number of fused-ring (bicyclic) bond motifs is 1. The molecule has 0 aromatic heterocycles. The Morgan fingerprint density at radius 3 is 2.03 bits per heavy atom. The molecular weight excluding hydrogens is 461 g/mol. The lowest BCUT2D eigenvalue weighted by molar-refractivity contribution is -0.187. The number of carbonyl (C=O) groups is 1. The molecule has 8 heteroatoms. The number of aliphatic carboxylic acids is 1. The highest BCUT2D eigenvalue weighted by Crippen LogP contribution is 2.41. The van der Waals surface area contributed by atoms with Gasteiger partial charge in [0.05, 0.1) is 12.7 Å². The fourth-order valence-corrected chi connectivity index (χ4v) is 3.56. The molecule has 184 valence electrons. The van der Waals surface area contributed by atoms with Crippen molar-refractivity contribution in [3.8, 4) is 28.4 Å². The van der Waals surface area contributed by atoms with Crippen molar-refractivity contribution in [2.75, 3.05) is 7.11 Å². The molecule has 0 spiro atoms. The van der Waals surface area contributed by atoms with Crippen molar-refractivity contribution in [3.05, 3.63) is 83.4 Å². The lowest BCUT2D eigenvalue weighted by atomic mass is 9.94. The van der Waals surface area contributed by atoms with E-state index in [4.69, 9.17) is 19.7 Å². The maximum absolute atomic E-state index is 12.9. The van der Waals surface area contributed by atoms with Gasteiger partial charge >= 0.3 is 12.1 Å². The Hall–Kier alpha value is -3.94. The summed E-state index contributed by atoms with van der Waals surface area (Å²) >= 11 is 0. The van der Waals surface area contributed by atoms with Crippen LogP contribution in [0.5, 0.6) is 17.2 Å². The van der Waals surface area contributed by atoms with Crippen molar-refractivity contribution in [1.82, 2.24) is 0 Å². The van der Waals surface area contributed by atoms with Crippen molar-refractivity contribution < 1.29 is 37.7 Å². The van der Waals surface area contributed by atoms with Gasteiger partial charge in [-0.1, -0.05) is 56.3 Å². The Kier molecular flexibility index (Phi) is 7.74. The summed E-state index contributed by atoms with van der Waals surface area (Å²) in [6.07, 6.45) is -6.18. The summed E-state index contributed by atoms with van der Waals surface area (Å²) < 4.78 is 48.9. The topological polar surface area (TPSA) is 76.0 Å². The van der Waals surface area contributed by atoms with E-state index in [9.17, 15) is 18.0 Å². The van der Waals surface area contributed by atoms with Crippen LogP contribution in [0.1, 0.15) is 30.9 Å². The number of ether oxygens (including phenoxy) is 2. The summed E-state index contributed by atoms with van der Waals surface area (Å²) in [5, 5.41) is 18.1. The zero-order valence-corrected chi connectivity index (χ0v) is 19.3. The second-order valence-corrected chi connectivity index (χ2v) is 8.14. The van der Waals surface area contributed by atoms with Crippen LogP contribution in [0.25, 0.3) is 17.2 Å². The van der Waals surface area contributed by atoms with Crippen molar-refractivity contribution in [3.63, 3.8) is 0 Å². The van der Waals surface area contributed by atoms with E-state index >= 15 is 0 Å². The van der Waals surface area contributed by atoms with Crippen LogP contribution >= 0.6 is 0 Å². The van der Waals surface area contributed by atoms with Crippen LogP contribution in [-0.2, 0) is 4.79 Å². The predicted octanol–water partition coefficient (Wildman–Crippen LogP) is 6.67. The van der Waals surface area contributed by atoms with Crippen LogP contribution in [0.15, 0.2) is 72.3 Å². The first-order chi connectivity index (χ1) is 16.5. The van der Waals surface area contributed by atoms with Crippen LogP contribution in [0.3, 0.4) is 0 Å². The molecule has 1 heterocycles. The lowest BCUT2D eigenvalue weighted by Gasteiger charge is -2.29. The molecule has 1 aliphatic heterocycles. The number of rotatable bonds is 4. The Morgan fingerprint density at radius 2 is 1.54 bits per heavy atom. The summed E-state index contributed by atoms with van der Waals surface area (Å²) in [5.41, 5.74) is 2.36. The van der Waals surface area contributed by atoms with E-state index in [1.165, 1.54) is 6.07 Å². The van der Waals surface area contributed by atoms with Crippen LogP contribution in [0, 0.1) is 0 Å². The number of halogens is 3. The Bertz CT molecular complexity index is 1200. The molecule has 35 heavy (non-hydrogen) atoms. The largest absolute Gasteiger partial charge is 0.508 e. The normalized spacial score (nSPS) is 14.7. The number of para-hydroxylation sites is 1. The number of methoxy groups -OCH3 is 1. The van der Waals surface area contributed by atoms with Gasteiger partial charge in [0.2, 0.25) is 6.10 Å². The minimum absolute atomic E-state index is 0.0291. The summed E-state index contributed by atoms with van der Waals surface area (Å²) in [5.74, 6) is -0.425. The van der Waals surface area contributed by atoms with Crippen molar-refractivity contribution in [1.29, 1.82) is 0 Å². The number of phenols is 1. The van der Waals surface area contributed by atoms with Gasteiger partial charge in [-0.3, -0.25) is 0 Å². The first-order valence-corrected chi connectivity index (χ1v) is 10.8. The quantitative estimate of drug-likeness (QED) is 0.431. The first kappa shape index (κ1) is 25.7. The number of carboxylic acid groups (broad SMARTS) is 1. The van der Waals surface area contributed by atoms with Gasteiger partial charge in [-0.05, 0) is 52.9 Å². The highest BCUT2D eigenvalue weighted by atomic mass is 19.4. The average Bonchev–Trinajstić information content (AvgIpc) is 2.83. The van der Waals surface area contributed by atoms with Gasteiger partial charge in [-0.25, -0.2) is 4.79 Å². The van der Waals surface area contributed by atoms with Gasteiger partial charge in [0.25, 0.3) is 0 Å². The van der Waals surface area contributed by atoms with Gasteiger partial charge in [-0.15, -0.1) is 0 Å². The van der Waals surface area contributed by atoms with Crippen LogP contribution in [-0.4, -0.2) is 35.6 Å². The number of benzene rings is 3. The molecule has 3 aromatic carbocycles. The minimum atomic E-state index is -4.77. The second-order valence-electron chi connectivity index (χ2n) is 8.14. The molecule has 1 atom stereocenters. The van der Waals surface area contributed by atoms with Gasteiger partial charge in [0, 0.05) is 5.56 Å². The van der Waals surface area contributed by atoms with Gasteiger partial charge in [0.1, 0.15) is 17.2 Å². The molecular formula is C27H25F3O5. The molecule has 3 aromatic rings. The van der Waals surface area contributed by atoms with Crippen LogP contribution < -0.4 is 9.47 Å². The van der Waals surface area contributed by atoms with E-state index in [0.29, 0.717) is 11.1 Å². The highest BCUT2D eigenvalue weighted by molar-refractivity contribution is 5.95. The van der Waals surface area contributed by atoms with E-state index < -0.39 is 23.8 Å². The maximum atomic E-state index is 12.9. The summed E-state index contributed by atoms with van der Waals surface area (Å²) in [4.78, 5) is 11.0. The molecule has 2 N–H and O–H groups in total. The molecule has 0 amide bonds. The average molecular weight is 486 g/mol. The second kappa shape index (κ2) is 10.5. The third-order valence-corrected chi connectivity index (χ3v) is 5.36. The third kappa shape index (κ3) is 6.15. The van der Waals surface area contributed by atoms with Crippen molar-refractivity contribution >= 4 is 12.0 Å². The molecule has 0 radical (unpaired) electrons. The van der Waals surface area contributed by atoms with Gasteiger partial charge in [0.15, 0.2) is 0 Å². The number of hydrogen-bond acceptors (Lipinski definition) is 4. The van der Waals surface area contributed by atoms with E-state index in [0.717, 1.165) is 23.0 Å². The lowest BCUT2D eigenvalue weighted by Crippen LogP contribution is -2.40. The van der Waals surface area contributed by atoms with Crippen molar-refractivity contribution in [2.24, 2.45) is 0 Å². The monoisotopic (exact) mass is 486 g/mol. The molecule has 1 unspecified atom stereocenters. The van der Waals surface area contributed by atoms with Crippen LogP contribution in [0.4, 0.5) is 13.2 Å². The van der Waals surface area contributed by atoms with Crippen LogP contribution in [0.2, 0.25) is 0 Å². The zero-order chi connectivity index (χ0) is 25.8. The Morgan fingerprint density at radius 1 is 0.971 bits per heavy atom. The van der Waals surface area contributed by atoms with E-state index in [2.05, 4.69) is 0 Å². The number of carboxylic acids is 1. The summed E-state index contributed by atoms with van der Waals surface area (Å²) in [7, 11) is 1.65. The molecule has 0 fully saturated rings. The zero-order valence-electron chi connectivity index (χ0n) is 19.3. The molecule has 1 aliphatic rings. The third-order valence-electron chi connectivity index (χ3n) is 5.36. The van der Waals surface area contributed by atoms with Crippen molar-refractivity contribution in [2.45, 2.75) is 32.0 Å². The molecule has 0 saturated heterocycles. The Labute approximate surface area is 201 Å². The maximum Gasteiger partial charge on any atom is 0.430 e. The van der Waals surface area contributed by atoms with E-state index in [1.54, 1.807) is 31.4 Å². The smallest absolute Gasteiger partial charge is 0.430 e. The SMILES string of the molecule is CC(C)c1cccc2c1OC(C(F)(F)F)C(C(=O)O)=C2.COc1ccc(-c2ccc(O)cc2)cc1. The highest BCUT2D eigenvalue weighted by Gasteiger charge is 2.48. The fourth-order valence-electron chi connectivity index (χ4n) is 3.56. The molecule has 4 rings (SSSR count). The number of aromatic hydroxyl groups is 1. The Balaban J connectivity index is 0.000000203. The minimum Gasteiger partial charge on any atom is -0.508 e. The first-order valence-electron chi connectivity index (χ1n) is 10.8. The molecule has 0 bridgehead atoms. The standard InChI is InChI=1S/C14H13F3O3.C13H12O2/c1-7(2)9-5-3-4-8-6-10(13(18)19)12(14(15,16)17)20-11(8)9;1-15-13-8-4-11(5-9-13)10-2-6-12(14)7-3-10/h3-7,12H,1-2H3,(H,18,19);2-9,14H,1H3. The summed E-state index contributed by atoms with van der Waals surface area (Å²) in [6.45, 7) is 3.66. The van der Waals surface area contributed by atoms with E-state index in [1.807, 2.05) is 50.2 Å². The molecule has 0 aliphatic carbocycles. The predicted molar refractivity (Wildman–Crippen MR) is 127 cm³/mol. The fraction of sp³-hybridized carbons (Fsp3) is 0.222. The molecule has 5 nitrogen and oxygen atoms in total. The molecule has 0 saturated carbocycles. The van der Waals surface area contributed by atoms with Gasteiger partial charge in [-0.2, -0.15) is 13.2 Å². The van der Waals surface area contributed by atoms with Gasteiger partial charge < -0.3 is 19.7 Å². The number of alkyl halides is 3. The van der Waals surface area contributed by atoms with E-state index in [-0.39, 0.29) is 17.4 Å². The summed E-state index contributed by atoms with van der Waals surface area (Å²) in [6, 6.07) is 19.8. The number of phenolic OH excluding ortho intramolecular Hbond substituents is 1. The number of hydrogen-bond donors (Lipinski definition) is 2.